The lowest BCUT2D eigenvalue weighted by Gasteiger charge is -2.28. The van der Waals surface area contributed by atoms with Crippen LogP contribution >= 0.6 is 0 Å². The Balaban J connectivity index is 1.72. The summed E-state index contributed by atoms with van der Waals surface area (Å²) in [5.74, 6) is 0.583. The van der Waals surface area contributed by atoms with E-state index < -0.39 is 22.0 Å². The van der Waals surface area contributed by atoms with Crippen LogP contribution in [0.1, 0.15) is 12.8 Å². The van der Waals surface area contributed by atoms with Crippen molar-refractivity contribution in [3.05, 3.63) is 60.5 Å². The first kappa shape index (κ1) is 21.3. The van der Waals surface area contributed by atoms with Crippen LogP contribution in [0.2, 0.25) is 0 Å². The monoisotopic (exact) mass is 430 g/mol. The SMILES string of the molecule is COc1cccc(N(C(C)C(=O)NCc2nc(-c3ccccc3)no2)S(C)(=O)=O)c1. The number of ether oxygens (including phenoxy) is 1. The summed E-state index contributed by atoms with van der Waals surface area (Å²) in [5.41, 5.74) is 1.11. The van der Waals surface area contributed by atoms with E-state index in [0.29, 0.717) is 17.3 Å². The van der Waals surface area contributed by atoms with Gasteiger partial charge in [-0.2, -0.15) is 4.98 Å². The summed E-state index contributed by atoms with van der Waals surface area (Å²) in [5, 5.41) is 6.53. The molecule has 1 atom stereocenters. The van der Waals surface area contributed by atoms with Gasteiger partial charge in [0, 0.05) is 11.6 Å². The third-order valence-corrected chi connectivity index (χ3v) is 5.55. The van der Waals surface area contributed by atoms with E-state index in [0.717, 1.165) is 16.1 Å². The molecule has 10 heteroatoms. The van der Waals surface area contributed by atoms with Crippen LogP contribution in [0.4, 0.5) is 5.69 Å². The Morgan fingerprint density at radius 2 is 1.93 bits per heavy atom. The third-order valence-electron chi connectivity index (χ3n) is 4.31. The lowest BCUT2D eigenvalue weighted by Crippen LogP contribution is -2.47. The van der Waals surface area contributed by atoms with Crippen LogP contribution in [-0.2, 0) is 21.4 Å². The van der Waals surface area contributed by atoms with E-state index in [9.17, 15) is 13.2 Å². The highest BCUT2D eigenvalue weighted by Crippen LogP contribution is 2.25. The fraction of sp³-hybridized carbons (Fsp3) is 0.250. The second-order valence-electron chi connectivity index (χ2n) is 6.53. The molecule has 0 fully saturated rings. The van der Waals surface area contributed by atoms with Gasteiger partial charge in [0.05, 0.1) is 25.6 Å². The predicted molar refractivity (Wildman–Crippen MR) is 111 cm³/mol. The van der Waals surface area contributed by atoms with Crippen LogP contribution in [-0.4, -0.2) is 43.9 Å². The summed E-state index contributed by atoms with van der Waals surface area (Å²) in [6, 6.07) is 14.7. The van der Waals surface area contributed by atoms with Gasteiger partial charge in [0.25, 0.3) is 0 Å². The molecule has 0 aliphatic carbocycles. The number of hydrogen-bond acceptors (Lipinski definition) is 7. The van der Waals surface area contributed by atoms with Crippen molar-refractivity contribution >= 4 is 21.6 Å². The lowest BCUT2D eigenvalue weighted by molar-refractivity contribution is -0.122. The van der Waals surface area contributed by atoms with Crippen molar-refractivity contribution in [3.8, 4) is 17.1 Å². The number of hydrogen-bond donors (Lipinski definition) is 1. The summed E-state index contributed by atoms with van der Waals surface area (Å²) in [6.45, 7) is 1.47. The molecule has 3 aromatic rings. The van der Waals surface area contributed by atoms with E-state index in [4.69, 9.17) is 9.26 Å². The minimum absolute atomic E-state index is 0.0290. The zero-order valence-corrected chi connectivity index (χ0v) is 17.6. The van der Waals surface area contributed by atoms with Gasteiger partial charge >= 0.3 is 0 Å². The van der Waals surface area contributed by atoms with Gasteiger partial charge in [-0.25, -0.2) is 8.42 Å². The standard InChI is InChI=1S/C20H22N4O5S/c1-14(24(30(3,26)27)16-10-7-11-17(12-16)28-2)20(25)21-13-18-22-19(23-29-18)15-8-5-4-6-9-15/h4-12,14H,13H2,1-3H3,(H,21,25). The van der Waals surface area contributed by atoms with Crippen molar-refractivity contribution in [1.29, 1.82) is 0 Å². The molecule has 1 unspecified atom stereocenters. The minimum atomic E-state index is -3.74. The maximum absolute atomic E-state index is 12.7. The summed E-state index contributed by atoms with van der Waals surface area (Å²) in [7, 11) is -2.26. The van der Waals surface area contributed by atoms with Crippen LogP contribution in [0.3, 0.4) is 0 Å². The van der Waals surface area contributed by atoms with Crippen LogP contribution in [0.15, 0.2) is 59.1 Å². The van der Waals surface area contributed by atoms with Crippen LogP contribution in [0.5, 0.6) is 5.75 Å². The quantitative estimate of drug-likeness (QED) is 0.583. The van der Waals surface area contributed by atoms with Crippen LogP contribution < -0.4 is 14.4 Å². The fourth-order valence-corrected chi connectivity index (χ4v) is 4.06. The average molecular weight is 430 g/mol. The van der Waals surface area contributed by atoms with Crippen LogP contribution in [0, 0.1) is 0 Å². The van der Waals surface area contributed by atoms with E-state index in [1.807, 2.05) is 30.3 Å². The number of nitrogens with one attached hydrogen (secondary N) is 1. The Hall–Kier alpha value is -3.40. The number of amides is 1. The molecule has 1 N–H and O–H groups in total. The first-order chi connectivity index (χ1) is 14.3. The molecule has 0 aliphatic rings. The van der Waals surface area contributed by atoms with E-state index in [1.165, 1.54) is 14.0 Å². The summed E-state index contributed by atoms with van der Waals surface area (Å²) in [6.07, 6.45) is 1.04. The van der Waals surface area contributed by atoms with Gasteiger partial charge in [0.2, 0.25) is 27.6 Å². The molecule has 1 aromatic heterocycles. The zero-order valence-electron chi connectivity index (χ0n) is 16.8. The number of anilines is 1. The van der Waals surface area contributed by atoms with Crippen molar-refractivity contribution in [2.24, 2.45) is 0 Å². The van der Waals surface area contributed by atoms with E-state index in [1.54, 1.807) is 24.3 Å². The maximum Gasteiger partial charge on any atom is 0.246 e. The van der Waals surface area contributed by atoms with Gasteiger partial charge in [-0.15, -0.1) is 0 Å². The molecule has 9 nitrogen and oxygen atoms in total. The van der Waals surface area contributed by atoms with E-state index in [2.05, 4.69) is 15.5 Å². The maximum atomic E-state index is 12.7. The van der Waals surface area contributed by atoms with E-state index >= 15 is 0 Å². The van der Waals surface area contributed by atoms with Crippen molar-refractivity contribution < 1.29 is 22.5 Å². The molecule has 0 saturated heterocycles. The van der Waals surface area contributed by atoms with Crippen molar-refractivity contribution in [2.75, 3.05) is 17.7 Å². The molecular formula is C20H22N4O5S. The number of nitrogens with zero attached hydrogens (tertiary/aromatic N) is 3. The second kappa shape index (κ2) is 8.95. The number of carbonyl (C=O) groups excluding carboxylic acids is 1. The number of methoxy groups -OCH3 is 1. The molecule has 0 saturated carbocycles. The number of sulfonamides is 1. The molecule has 30 heavy (non-hydrogen) atoms. The summed E-state index contributed by atoms with van der Waals surface area (Å²) < 4.78 is 36.1. The topological polar surface area (TPSA) is 115 Å². The molecule has 0 bridgehead atoms. The fourth-order valence-electron chi connectivity index (χ4n) is 2.90. The molecule has 158 valence electrons. The van der Waals surface area contributed by atoms with Gasteiger partial charge in [-0.1, -0.05) is 41.6 Å². The molecule has 0 radical (unpaired) electrons. The minimum Gasteiger partial charge on any atom is -0.497 e. The summed E-state index contributed by atoms with van der Waals surface area (Å²) >= 11 is 0. The van der Waals surface area contributed by atoms with Gasteiger partial charge in [-0.05, 0) is 19.1 Å². The first-order valence-corrected chi connectivity index (χ1v) is 10.9. The molecule has 0 spiro atoms. The molecule has 1 amide bonds. The zero-order chi connectivity index (χ0) is 21.7. The highest BCUT2D eigenvalue weighted by molar-refractivity contribution is 7.92. The first-order valence-electron chi connectivity index (χ1n) is 9.09. The average Bonchev–Trinajstić information content (AvgIpc) is 3.21. The highest BCUT2D eigenvalue weighted by atomic mass is 32.2. The molecule has 3 rings (SSSR count). The molecule has 0 aliphatic heterocycles. The number of aromatic nitrogens is 2. The molecule has 2 aromatic carbocycles. The summed E-state index contributed by atoms with van der Waals surface area (Å²) in [4.78, 5) is 16.9. The Kier molecular flexibility index (Phi) is 6.36. The Morgan fingerprint density at radius 3 is 2.60 bits per heavy atom. The number of carbonyl (C=O) groups is 1. The van der Waals surface area contributed by atoms with E-state index in [-0.39, 0.29) is 12.4 Å². The highest BCUT2D eigenvalue weighted by Gasteiger charge is 2.29. The van der Waals surface area contributed by atoms with Gasteiger partial charge in [0.1, 0.15) is 11.8 Å². The Morgan fingerprint density at radius 1 is 1.20 bits per heavy atom. The number of rotatable bonds is 8. The Bertz CT molecular complexity index is 1110. The van der Waals surface area contributed by atoms with Crippen LogP contribution in [0.25, 0.3) is 11.4 Å². The Labute approximate surface area is 174 Å². The number of benzene rings is 2. The van der Waals surface area contributed by atoms with Gasteiger partial charge in [-0.3, -0.25) is 9.10 Å². The molecular weight excluding hydrogens is 408 g/mol. The lowest BCUT2D eigenvalue weighted by atomic mass is 10.2. The normalized spacial score (nSPS) is 12.2. The smallest absolute Gasteiger partial charge is 0.246 e. The predicted octanol–water partition coefficient (Wildman–Crippen LogP) is 2.22. The van der Waals surface area contributed by atoms with Crippen molar-refractivity contribution in [1.82, 2.24) is 15.5 Å². The molecule has 1 heterocycles. The van der Waals surface area contributed by atoms with Gasteiger partial charge < -0.3 is 14.6 Å². The third kappa shape index (κ3) is 4.95. The van der Waals surface area contributed by atoms with Crippen molar-refractivity contribution in [3.63, 3.8) is 0 Å². The second-order valence-corrected chi connectivity index (χ2v) is 8.39. The van der Waals surface area contributed by atoms with Crippen molar-refractivity contribution in [2.45, 2.75) is 19.5 Å². The van der Waals surface area contributed by atoms with Gasteiger partial charge in [0.15, 0.2) is 0 Å². The largest absolute Gasteiger partial charge is 0.497 e.